The Hall–Kier alpha value is -2.08. The lowest BCUT2D eigenvalue weighted by atomic mass is 10.1. The molecule has 2 rings (SSSR count). The van der Waals surface area contributed by atoms with Gasteiger partial charge in [-0.25, -0.2) is 0 Å². The van der Waals surface area contributed by atoms with Gasteiger partial charge in [0.1, 0.15) is 17.7 Å². The minimum atomic E-state index is -0.860. The third kappa shape index (κ3) is 2.60. The number of rotatable bonds is 5. The van der Waals surface area contributed by atoms with Crippen molar-refractivity contribution in [2.75, 3.05) is 12.3 Å². The van der Waals surface area contributed by atoms with Crippen LogP contribution >= 0.6 is 0 Å². The molecule has 1 unspecified atom stereocenters. The molecule has 0 fully saturated rings. The second kappa shape index (κ2) is 5.50. The van der Waals surface area contributed by atoms with E-state index in [2.05, 4.69) is 15.2 Å². The minimum absolute atomic E-state index is 0.349. The van der Waals surface area contributed by atoms with Gasteiger partial charge >= 0.3 is 0 Å². The third-order valence-corrected chi connectivity index (χ3v) is 2.52. The van der Waals surface area contributed by atoms with Crippen molar-refractivity contribution in [1.82, 2.24) is 15.2 Å². The van der Waals surface area contributed by atoms with Crippen molar-refractivity contribution < 1.29 is 9.84 Å². The summed E-state index contributed by atoms with van der Waals surface area (Å²) in [4.78, 5) is 4.04. The van der Waals surface area contributed by atoms with E-state index >= 15 is 0 Å². The Bertz CT molecular complexity index is 512. The van der Waals surface area contributed by atoms with Crippen molar-refractivity contribution in [3.63, 3.8) is 0 Å². The fourth-order valence-electron chi connectivity index (χ4n) is 1.59. The highest BCUT2D eigenvalue weighted by atomic mass is 16.5. The predicted molar refractivity (Wildman–Crippen MR) is 67.1 cm³/mol. The van der Waals surface area contributed by atoms with Gasteiger partial charge in [0.25, 0.3) is 0 Å². The average molecular weight is 248 g/mol. The van der Waals surface area contributed by atoms with E-state index in [9.17, 15) is 5.11 Å². The Morgan fingerprint density at radius 1 is 1.44 bits per heavy atom. The van der Waals surface area contributed by atoms with Gasteiger partial charge in [-0.05, 0) is 12.5 Å². The van der Waals surface area contributed by atoms with Gasteiger partial charge < -0.3 is 15.6 Å². The molecule has 2 aromatic rings. The van der Waals surface area contributed by atoms with E-state index in [-0.39, 0.29) is 0 Å². The number of nitrogen functional groups attached to an aromatic ring is 1. The zero-order valence-electron chi connectivity index (χ0n) is 10.1. The maximum Gasteiger partial charge on any atom is 0.137 e. The van der Waals surface area contributed by atoms with E-state index in [1.807, 2.05) is 6.92 Å². The van der Waals surface area contributed by atoms with Crippen LogP contribution < -0.4 is 10.5 Å². The summed E-state index contributed by atoms with van der Waals surface area (Å²) >= 11 is 0. The van der Waals surface area contributed by atoms with Crippen LogP contribution in [0, 0.1) is 0 Å². The molecule has 0 aliphatic carbocycles. The summed E-state index contributed by atoms with van der Waals surface area (Å²) < 4.78 is 5.47. The number of pyridine rings is 1. The lowest BCUT2D eigenvalue weighted by Crippen LogP contribution is -2.03. The van der Waals surface area contributed by atoms with Crippen molar-refractivity contribution in [1.29, 1.82) is 0 Å². The highest BCUT2D eigenvalue weighted by Crippen LogP contribution is 2.26. The zero-order valence-corrected chi connectivity index (χ0v) is 10.1. The van der Waals surface area contributed by atoms with Crippen molar-refractivity contribution in [3.05, 3.63) is 35.8 Å². The van der Waals surface area contributed by atoms with E-state index in [0.717, 1.165) is 6.42 Å². The summed E-state index contributed by atoms with van der Waals surface area (Å²) in [6.07, 6.45) is 4.75. The van der Waals surface area contributed by atoms with Gasteiger partial charge in [-0.1, -0.05) is 6.92 Å². The normalized spacial score (nSPS) is 12.3. The number of aliphatic hydroxyl groups excluding tert-OH is 1. The minimum Gasteiger partial charge on any atom is -0.492 e. The molecule has 2 aromatic heterocycles. The molecule has 0 bridgehead atoms. The Morgan fingerprint density at radius 3 is 2.94 bits per heavy atom. The molecule has 18 heavy (non-hydrogen) atoms. The quantitative estimate of drug-likeness (QED) is 0.740. The summed E-state index contributed by atoms with van der Waals surface area (Å²) in [6, 6.07) is 1.75. The molecular weight excluding hydrogens is 232 g/mol. The molecule has 0 aliphatic heterocycles. The van der Waals surface area contributed by atoms with Crippen molar-refractivity contribution >= 4 is 5.82 Å². The summed E-state index contributed by atoms with van der Waals surface area (Å²) in [6.45, 7) is 2.65. The van der Waals surface area contributed by atoms with Crippen LogP contribution in [0.2, 0.25) is 0 Å². The molecule has 96 valence electrons. The highest BCUT2D eigenvalue weighted by molar-refractivity contribution is 5.43. The van der Waals surface area contributed by atoms with Crippen LogP contribution in [-0.2, 0) is 0 Å². The SMILES string of the molecule is CCCOc1cncc(C(O)c2cn[nH]c2N)c1. The first-order chi connectivity index (χ1) is 8.72. The second-order valence-corrected chi connectivity index (χ2v) is 3.94. The van der Waals surface area contributed by atoms with Crippen LogP contribution in [-0.4, -0.2) is 26.9 Å². The van der Waals surface area contributed by atoms with Gasteiger partial charge in [0.2, 0.25) is 0 Å². The summed E-state index contributed by atoms with van der Waals surface area (Å²) in [5.41, 5.74) is 6.82. The van der Waals surface area contributed by atoms with Gasteiger partial charge in [-0.3, -0.25) is 10.1 Å². The number of anilines is 1. The number of aromatic amines is 1. The van der Waals surface area contributed by atoms with Crippen molar-refractivity contribution in [2.24, 2.45) is 0 Å². The van der Waals surface area contributed by atoms with Crippen LogP contribution in [0.4, 0.5) is 5.82 Å². The average Bonchev–Trinajstić information content (AvgIpc) is 2.82. The lowest BCUT2D eigenvalue weighted by molar-refractivity contribution is 0.219. The maximum absolute atomic E-state index is 10.2. The smallest absolute Gasteiger partial charge is 0.137 e. The van der Waals surface area contributed by atoms with Crippen LogP contribution in [0.15, 0.2) is 24.7 Å². The molecule has 0 saturated heterocycles. The van der Waals surface area contributed by atoms with E-state index in [0.29, 0.717) is 29.3 Å². The number of H-pyrrole nitrogens is 1. The molecule has 6 heteroatoms. The maximum atomic E-state index is 10.2. The standard InChI is InChI=1S/C12H16N4O2/c1-2-3-18-9-4-8(5-14-6-9)11(17)10-7-15-16-12(10)13/h4-7,11,17H,2-3H2,1H3,(H3,13,15,16). The molecule has 0 aliphatic rings. The first-order valence-corrected chi connectivity index (χ1v) is 5.77. The largest absolute Gasteiger partial charge is 0.492 e. The second-order valence-electron chi connectivity index (χ2n) is 3.94. The Kier molecular flexibility index (Phi) is 3.78. The van der Waals surface area contributed by atoms with Gasteiger partial charge in [0.15, 0.2) is 0 Å². The number of nitrogens with zero attached hydrogens (tertiary/aromatic N) is 2. The lowest BCUT2D eigenvalue weighted by Gasteiger charge is -2.11. The molecule has 2 heterocycles. The molecule has 0 spiro atoms. The summed E-state index contributed by atoms with van der Waals surface area (Å²) in [5.74, 6) is 0.984. The molecule has 6 nitrogen and oxygen atoms in total. The number of hydrogen-bond donors (Lipinski definition) is 3. The van der Waals surface area contributed by atoms with Crippen molar-refractivity contribution in [2.45, 2.75) is 19.4 Å². The van der Waals surface area contributed by atoms with Crippen LogP contribution in [0.5, 0.6) is 5.75 Å². The summed E-state index contributed by atoms with van der Waals surface area (Å²) in [5, 5.41) is 16.5. The Balaban J connectivity index is 2.20. The number of aromatic nitrogens is 3. The zero-order chi connectivity index (χ0) is 13.0. The number of ether oxygens (including phenoxy) is 1. The molecule has 0 radical (unpaired) electrons. The van der Waals surface area contributed by atoms with Crippen LogP contribution in [0.1, 0.15) is 30.6 Å². The molecule has 0 amide bonds. The van der Waals surface area contributed by atoms with E-state index in [1.54, 1.807) is 18.5 Å². The van der Waals surface area contributed by atoms with E-state index < -0.39 is 6.10 Å². The topological polar surface area (TPSA) is 97.0 Å². The molecule has 1 atom stereocenters. The van der Waals surface area contributed by atoms with Gasteiger partial charge in [0.05, 0.1) is 19.0 Å². The van der Waals surface area contributed by atoms with Crippen LogP contribution in [0.25, 0.3) is 0 Å². The van der Waals surface area contributed by atoms with Gasteiger partial charge in [-0.2, -0.15) is 5.10 Å². The first kappa shape index (κ1) is 12.4. The fraction of sp³-hybridized carbons (Fsp3) is 0.333. The van der Waals surface area contributed by atoms with E-state index in [1.165, 1.54) is 6.20 Å². The highest BCUT2D eigenvalue weighted by Gasteiger charge is 2.16. The fourth-order valence-corrected chi connectivity index (χ4v) is 1.59. The van der Waals surface area contributed by atoms with E-state index in [4.69, 9.17) is 10.5 Å². The summed E-state index contributed by atoms with van der Waals surface area (Å²) in [7, 11) is 0. The predicted octanol–water partition coefficient (Wildman–Crippen LogP) is 1.26. The molecule has 0 saturated carbocycles. The van der Waals surface area contributed by atoms with Gasteiger partial charge in [-0.15, -0.1) is 0 Å². The Morgan fingerprint density at radius 2 is 2.28 bits per heavy atom. The molecular formula is C12H16N4O2. The monoisotopic (exact) mass is 248 g/mol. The van der Waals surface area contributed by atoms with Crippen molar-refractivity contribution in [3.8, 4) is 5.75 Å². The number of nitrogens with one attached hydrogen (secondary N) is 1. The molecule has 0 aromatic carbocycles. The molecule has 4 N–H and O–H groups in total. The number of nitrogens with two attached hydrogens (primary N) is 1. The Labute approximate surface area is 105 Å². The number of hydrogen-bond acceptors (Lipinski definition) is 5. The van der Waals surface area contributed by atoms with Gasteiger partial charge in [0, 0.05) is 17.3 Å². The third-order valence-electron chi connectivity index (χ3n) is 2.52. The van der Waals surface area contributed by atoms with Crippen LogP contribution in [0.3, 0.4) is 0 Å². The first-order valence-electron chi connectivity index (χ1n) is 5.77. The number of aliphatic hydroxyl groups is 1.